The van der Waals surface area contributed by atoms with E-state index in [1.54, 1.807) is 4.90 Å². The third-order valence-corrected chi connectivity index (χ3v) is 2.55. The normalized spacial score (nSPS) is 20.7. The van der Waals surface area contributed by atoms with Crippen molar-refractivity contribution in [2.45, 2.75) is 32.8 Å². The molecule has 2 N–H and O–H groups in total. The molecule has 0 radical (unpaired) electrons. The molecular formula is C12H24N2O3. The summed E-state index contributed by atoms with van der Waals surface area (Å²) in [5.74, 6) is 0.411. The molecule has 1 amide bonds. The molecule has 5 heteroatoms. The Hall–Kier alpha value is -0.810. The minimum Gasteiger partial charge on any atom is -0.444 e. The molecule has 0 aromatic rings. The van der Waals surface area contributed by atoms with Crippen LogP contribution < -0.4 is 5.73 Å². The maximum Gasteiger partial charge on any atom is 0.410 e. The van der Waals surface area contributed by atoms with Crippen molar-refractivity contribution >= 4 is 6.09 Å². The van der Waals surface area contributed by atoms with Gasteiger partial charge in [-0.05, 0) is 27.2 Å². The molecule has 1 heterocycles. The average molecular weight is 244 g/mol. The highest BCUT2D eigenvalue weighted by Crippen LogP contribution is 2.19. The molecule has 1 rings (SSSR count). The van der Waals surface area contributed by atoms with Gasteiger partial charge in [0.15, 0.2) is 0 Å². The molecule has 100 valence electrons. The van der Waals surface area contributed by atoms with Gasteiger partial charge in [0.05, 0.1) is 13.2 Å². The molecule has 0 bridgehead atoms. The summed E-state index contributed by atoms with van der Waals surface area (Å²) in [5.41, 5.74) is 4.92. The van der Waals surface area contributed by atoms with Crippen molar-refractivity contribution in [3.63, 3.8) is 0 Å². The second-order valence-electron chi connectivity index (χ2n) is 5.44. The molecule has 0 aromatic carbocycles. The van der Waals surface area contributed by atoms with E-state index in [4.69, 9.17) is 15.2 Å². The lowest BCUT2D eigenvalue weighted by Gasteiger charge is -2.24. The fourth-order valence-corrected chi connectivity index (χ4v) is 1.79. The quantitative estimate of drug-likeness (QED) is 0.755. The highest BCUT2D eigenvalue weighted by Gasteiger charge is 2.29. The van der Waals surface area contributed by atoms with Crippen molar-refractivity contribution in [2.75, 3.05) is 32.8 Å². The first kappa shape index (κ1) is 14.3. The summed E-state index contributed by atoms with van der Waals surface area (Å²) in [4.78, 5) is 13.5. The van der Waals surface area contributed by atoms with Crippen LogP contribution in [0.4, 0.5) is 4.79 Å². The van der Waals surface area contributed by atoms with E-state index in [2.05, 4.69) is 0 Å². The van der Waals surface area contributed by atoms with E-state index in [0.29, 0.717) is 25.7 Å². The Labute approximate surface area is 103 Å². The predicted octanol–water partition coefficient (Wildman–Crippen LogP) is 1.22. The van der Waals surface area contributed by atoms with Gasteiger partial charge in [0.25, 0.3) is 0 Å². The van der Waals surface area contributed by atoms with Crippen LogP contribution in [0.3, 0.4) is 0 Å². The van der Waals surface area contributed by atoms with Crippen molar-refractivity contribution < 1.29 is 14.3 Å². The molecule has 1 saturated heterocycles. The van der Waals surface area contributed by atoms with Gasteiger partial charge < -0.3 is 20.1 Å². The highest BCUT2D eigenvalue weighted by molar-refractivity contribution is 5.68. The second kappa shape index (κ2) is 6.21. The van der Waals surface area contributed by atoms with Crippen LogP contribution >= 0.6 is 0 Å². The van der Waals surface area contributed by atoms with Crippen LogP contribution in [0.2, 0.25) is 0 Å². The van der Waals surface area contributed by atoms with E-state index >= 15 is 0 Å². The number of carbonyl (C=O) groups excluding carboxylic acids is 1. The summed E-state index contributed by atoms with van der Waals surface area (Å²) >= 11 is 0. The summed E-state index contributed by atoms with van der Waals surface area (Å²) in [5, 5.41) is 0. The van der Waals surface area contributed by atoms with Crippen LogP contribution in [0.25, 0.3) is 0 Å². The third-order valence-electron chi connectivity index (χ3n) is 2.55. The molecule has 1 aliphatic heterocycles. The number of hydrogen-bond acceptors (Lipinski definition) is 4. The SMILES string of the molecule is CC(C)(C)OC(=O)N1CC[C@H](COCCN)C1. The van der Waals surface area contributed by atoms with Crippen LogP contribution in [0, 0.1) is 5.92 Å². The number of likely N-dealkylation sites (tertiary alicyclic amines) is 1. The summed E-state index contributed by atoms with van der Waals surface area (Å²) in [7, 11) is 0. The summed E-state index contributed by atoms with van der Waals surface area (Å²) in [6, 6.07) is 0. The molecule has 1 atom stereocenters. The van der Waals surface area contributed by atoms with Crippen molar-refractivity contribution in [3.05, 3.63) is 0 Å². The Bertz CT molecular complexity index is 251. The summed E-state index contributed by atoms with van der Waals surface area (Å²) in [6.07, 6.45) is 0.753. The van der Waals surface area contributed by atoms with Gasteiger partial charge in [0.2, 0.25) is 0 Å². The second-order valence-corrected chi connectivity index (χ2v) is 5.44. The molecule has 0 unspecified atom stereocenters. The predicted molar refractivity (Wildman–Crippen MR) is 65.8 cm³/mol. The Morgan fingerprint density at radius 3 is 2.76 bits per heavy atom. The standard InChI is InChI=1S/C12H24N2O3/c1-12(2,3)17-11(15)14-6-4-10(8-14)9-16-7-5-13/h10H,4-9,13H2,1-3H3/t10-/m0/s1. The number of amides is 1. The first-order valence-electron chi connectivity index (χ1n) is 6.18. The Morgan fingerprint density at radius 2 is 2.18 bits per heavy atom. The molecule has 5 nitrogen and oxygen atoms in total. The smallest absolute Gasteiger partial charge is 0.410 e. The Morgan fingerprint density at radius 1 is 1.47 bits per heavy atom. The minimum atomic E-state index is -0.425. The molecule has 1 fully saturated rings. The molecule has 1 aliphatic rings. The van der Waals surface area contributed by atoms with Crippen LogP contribution in [-0.4, -0.2) is 49.4 Å². The van der Waals surface area contributed by atoms with Gasteiger partial charge in [-0.2, -0.15) is 0 Å². The minimum absolute atomic E-state index is 0.223. The first-order chi connectivity index (χ1) is 7.92. The van der Waals surface area contributed by atoms with Crippen LogP contribution in [0.1, 0.15) is 27.2 Å². The van der Waals surface area contributed by atoms with Crippen molar-refractivity contribution in [1.29, 1.82) is 0 Å². The molecule has 0 aromatic heterocycles. The Kier molecular flexibility index (Phi) is 5.21. The lowest BCUT2D eigenvalue weighted by molar-refractivity contribution is 0.0275. The van der Waals surface area contributed by atoms with E-state index in [1.165, 1.54) is 0 Å². The maximum atomic E-state index is 11.8. The van der Waals surface area contributed by atoms with Crippen molar-refractivity contribution in [2.24, 2.45) is 11.7 Å². The lowest BCUT2D eigenvalue weighted by Crippen LogP contribution is -2.35. The zero-order valence-electron chi connectivity index (χ0n) is 11.1. The van der Waals surface area contributed by atoms with Gasteiger partial charge >= 0.3 is 6.09 Å². The summed E-state index contributed by atoms with van der Waals surface area (Å²) in [6.45, 7) is 8.92. The van der Waals surface area contributed by atoms with Crippen LogP contribution in [-0.2, 0) is 9.47 Å². The molecule has 17 heavy (non-hydrogen) atoms. The van der Waals surface area contributed by atoms with E-state index in [0.717, 1.165) is 19.5 Å². The maximum absolute atomic E-state index is 11.8. The first-order valence-corrected chi connectivity index (χ1v) is 6.18. The van der Waals surface area contributed by atoms with Gasteiger partial charge in [-0.1, -0.05) is 0 Å². The number of hydrogen-bond donors (Lipinski definition) is 1. The summed E-state index contributed by atoms with van der Waals surface area (Å²) < 4.78 is 10.7. The average Bonchev–Trinajstić information content (AvgIpc) is 2.64. The van der Waals surface area contributed by atoms with Gasteiger partial charge in [0.1, 0.15) is 5.60 Å². The molecule has 0 spiro atoms. The fraction of sp³-hybridized carbons (Fsp3) is 0.917. The number of ether oxygens (including phenoxy) is 2. The monoisotopic (exact) mass is 244 g/mol. The Balaban J connectivity index is 2.27. The van der Waals surface area contributed by atoms with E-state index in [-0.39, 0.29) is 6.09 Å². The van der Waals surface area contributed by atoms with E-state index < -0.39 is 5.60 Å². The third kappa shape index (κ3) is 5.37. The van der Waals surface area contributed by atoms with E-state index in [9.17, 15) is 4.79 Å². The molecular weight excluding hydrogens is 220 g/mol. The topological polar surface area (TPSA) is 64.8 Å². The number of carbonyl (C=O) groups is 1. The van der Waals surface area contributed by atoms with Crippen LogP contribution in [0.5, 0.6) is 0 Å². The van der Waals surface area contributed by atoms with Gasteiger partial charge in [-0.15, -0.1) is 0 Å². The highest BCUT2D eigenvalue weighted by atomic mass is 16.6. The molecule has 0 saturated carbocycles. The zero-order valence-corrected chi connectivity index (χ0v) is 11.1. The number of rotatable bonds is 4. The van der Waals surface area contributed by atoms with Gasteiger partial charge in [0, 0.05) is 25.6 Å². The number of nitrogens with two attached hydrogens (primary N) is 1. The van der Waals surface area contributed by atoms with Gasteiger partial charge in [-0.3, -0.25) is 0 Å². The lowest BCUT2D eigenvalue weighted by atomic mass is 10.1. The van der Waals surface area contributed by atoms with Crippen molar-refractivity contribution in [1.82, 2.24) is 4.90 Å². The van der Waals surface area contributed by atoms with E-state index in [1.807, 2.05) is 20.8 Å². The zero-order chi connectivity index (χ0) is 12.9. The fourth-order valence-electron chi connectivity index (χ4n) is 1.79. The van der Waals surface area contributed by atoms with Gasteiger partial charge in [-0.25, -0.2) is 4.79 Å². The van der Waals surface area contributed by atoms with Crippen LogP contribution in [0.15, 0.2) is 0 Å². The van der Waals surface area contributed by atoms with Crippen molar-refractivity contribution in [3.8, 4) is 0 Å². The number of nitrogens with zero attached hydrogens (tertiary/aromatic N) is 1. The largest absolute Gasteiger partial charge is 0.444 e. The molecule has 0 aliphatic carbocycles.